The molecule has 2 aliphatic rings. The standard InChI is InChI=1S/C13H18N4O4/c1-7-11(8(2)16-13(21)15-7)12(20)14-5-6-17-9(18)3-4-10(17)19/h7H,3-6H2,1-2H3,(H,14,20)(H2,15,16,21)/t7-/m1/s1. The van der Waals surface area contributed by atoms with E-state index in [1.165, 1.54) is 0 Å². The lowest BCUT2D eigenvalue weighted by molar-refractivity contribution is -0.138. The molecule has 0 aromatic rings. The number of likely N-dealkylation sites (tertiary alicyclic amines) is 1. The van der Waals surface area contributed by atoms with E-state index in [1.807, 2.05) is 0 Å². The van der Waals surface area contributed by atoms with Crippen LogP contribution in [0.15, 0.2) is 11.3 Å². The van der Waals surface area contributed by atoms with E-state index >= 15 is 0 Å². The number of urea groups is 1. The molecule has 1 fully saturated rings. The van der Waals surface area contributed by atoms with Crippen molar-refractivity contribution in [2.24, 2.45) is 0 Å². The van der Waals surface area contributed by atoms with Gasteiger partial charge in [-0.05, 0) is 13.8 Å². The Bertz CT molecular complexity index is 524. The van der Waals surface area contributed by atoms with Gasteiger partial charge in [-0.3, -0.25) is 19.3 Å². The molecule has 114 valence electrons. The Hall–Kier alpha value is -2.38. The van der Waals surface area contributed by atoms with Crippen molar-refractivity contribution in [3.63, 3.8) is 0 Å². The summed E-state index contributed by atoms with van der Waals surface area (Å²) in [6.45, 7) is 3.72. The molecule has 5 amide bonds. The van der Waals surface area contributed by atoms with Gasteiger partial charge in [0.25, 0.3) is 5.91 Å². The summed E-state index contributed by atoms with van der Waals surface area (Å²) in [5.41, 5.74) is 0.936. The van der Waals surface area contributed by atoms with Crippen LogP contribution in [-0.2, 0) is 14.4 Å². The van der Waals surface area contributed by atoms with Crippen LogP contribution in [0.2, 0.25) is 0 Å². The number of carbonyl (C=O) groups excluding carboxylic acids is 4. The highest BCUT2D eigenvalue weighted by atomic mass is 16.2. The van der Waals surface area contributed by atoms with Crippen molar-refractivity contribution < 1.29 is 19.2 Å². The Morgan fingerprint density at radius 3 is 2.48 bits per heavy atom. The first kappa shape index (κ1) is 15.0. The summed E-state index contributed by atoms with van der Waals surface area (Å²) in [4.78, 5) is 47.4. The monoisotopic (exact) mass is 294 g/mol. The molecule has 2 aliphatic heterocycles. The number of nitrogens with one attached hydrogen (secondary N) is 3. The van der Waals surface area contributed by atoms with Gasteiger partial charge < -0.3 is 16.0 Å². The fourth-order valence-corrected chi connectivity index (χ4v) is 2.48. The molecular formula is C13H18N4O4. The minimum atomic E-state index is -0.395. The molecule has 0 saturated carbocycles. The molecule has 0 aromatic carbocycles. The summed E-state index contributed by atoms with van der Waals surface area (Å²) in [5.74, 6) is -0.735. The fraction of sp³-hybridized carbons (Fsp3) is 0.538. The SMILES string of the molecule is CC1=C(C(=O)NCCN2C(=O)CCC2=O)[C@@H](C)NC(=O)N1. The molecule has 8 nitrogen and oxygen atoms in total. The second-order valence-electron chi connectivity index (χ2n) is 5.05. The highest BCUT2D eigenvalue weighted by Gasteiger charge is 2.29. The van der Waals surface area contributed by atoms with Gasteiger partial charge in [0.2, 0.25) is 11.8 Å². The Morgan fingerprint density at radius 1 is 1.29 bits per heavy atom. The van der Waals surface area contributed by atoms with Gasteiger partial charge in [-0.15, -0.1) is 0 Å². The van der Waals surface area contributed by atoms with Gasteiger partial charge in [0.15, 0.2) is 0 Å². The lowest BCUT2D eigenvalue weighted by Crippen LogP contribution is -2.50. The van der Waals surface area contributed by atoms with Gasteiger partial charge in [0.05, 0.1) is 11.6 Å². The predicted molar refractivity (Wildman–Crippen MR) is 72.8 cm³/mol. The van der Waals surface area contributed by atoms with Crippen LogP contribution in [0.4, 0.5) is 4.79 Å². The van der Waals surface area contributed by atoms with Gasteiger partial charge >= 0.3 is 6.03 Å². The number of imide groups is 1. The normalized spacial score (nSPS) is 22.3. The number of hydrogen-bond acceptors (Lipinski definition) is 4. The molecule has 2 rings (SSSR count). The molecule has 2 heterocycles. The van der Waals surface area contributed by atoms with Crippen molar-refractivity contribution >= 4 is 23.8 Å². The van der Waals surface area contributed by atoms with E-state index in [1.54, 1.807) is 13.8 Å². The van der Waals surface area contributed by atoms with Crippen LogP contribution >= 0.6 is 0 Å². The summed E-state index contributed by atoms with van der Waals surface area (Å²) < 4.78 is 0. The van der Waals surface area contributed by atoms with Crippen LogP contribution in [0.3, 0.4) is 0 Å². The third kappa shape index (κ3) is 3.21. The van der Waals surface area contributed by atoms with Crippen molar-refractivity contribution in [2.75, 3.05) is 13.1 Å². The molecule has 3 N–H and O–H groups in total. The zero-order chi connectivity index (χ0) is 15.6. The van der Waals surface area contributed by atoms with E-state index in [9.17, 15) is 19.2 Å². The lowest BCUT2D eigenvalue weighted by Gasteiger charge is -2.25. The van der Waals surface area contributed by atoms with E-state index < -0.39 is 6.04 Å². The van der Waals surface area contributed by atoms with E-state index in [-0.39, 0.29) is 49.7 Å². The zero-order valence-corrected chi connectivity index (χ0v) is 12.0. The maximum atomic E-state index is 12.1. The van der Waals surface area contributed by atoms with Crippen molar-refractivity contribution in [2.45, 2.75) is 32.7 Å². The summed E-state index contributed by atoms with van der Waals surface area (Å²) in [7, 11) is 0. The number of amides is 5. The third-order valence-corrected chi connectivity index (χ3v) is 3.51. The Kier molecular flexibility index (Phi) is 4.25. The molecule has 0 radical (unpaired) electrons. The fourth-order valence-electron chi connectivity index (χ4n) is 2.48. The highest BCUT2D eigenvalue weighted by Crippen LogP contribution is 2.12. The average Bonchev–Trinajstić information content (AvgIpc) is 2.69. The maximum absolute atomic E-state index is 12.1. The molecule has 1 saturated heterocycles. The molecule has 0 aliphatic carbocycles. The molecule has 0 spiro atoms. The van der Waals surface area contributed by atoms with Crippen molar-refractivity contribution in [1.29, 1.82) is 0 Å². The van der Waals surface area contributed by atoms with Crippen LogP contribution in [0.5, 0.6) is 0 Å². The minimum absolute atomic E-state index is 0.171. The van der Waals surface area contributed by atoms with E-state index in [0.717, 1.165) is 4.90 Å². The second kappa shape index (κ2) is 5.94. The quantitative estimate of drug-likeness (QED) is 0.591. The number of rotatable bonds is 4. The summed E-state index contributed by atoms with van der Waals surface area (Å²) >= 11 is 0. The smallest absolute Gasteiger partial charge is 0.319 e. The minimum Gasteiger partial charge on any atom is -0.350 e. The van der Waals surface area contributed by atoms with Crippen LogP contribution in [0.25, 0.3) is 0 Å². The topological polar surface area (TPSA) is 108 Å². The van der Waals surface area contributed by atoms with Crippen molar-refractivity contribution in [3.8, 4) is 0 Å². The molecule has 0 bridgehead atoms. The number of nitrogens with zero attached hydrogens (tertiary/aromatic N) is 1. The van der Waals surface area contributed by atoms with Gasteiger partial charge in [-0.1, -0.05) is 0 Å². The van der Waals surface area contributed by atoms with Gasteiger partial charge in [-0.25, -0.2) is 4.79 Å². The van der Waals surface area contributed by atoms with Crippen LogP contribution in [-0.4, -0.2) is 47.8 Å². The number of carbonyl (C=O) groups is 4. The molecule has 0 aromatic heterocycles. The number of hydrogen-bond donors (Lipinski definition) is 3. The molecule has 8 heteroatoms. The van der Waals surface area contributed by atoms with Gasteiger partial charge in [0.1, 0.15) is 0 Å². The highest BCUT2D eigenvalue weighted by molar-refractivity contribution is 6.02. The summed E-state index contributed by atoms with van der Waals surface area (Å²) in [5, 5.41) is 7.80. The third-order valence-electron chi connectivity index (χ3n) is 3.51. The van der Waals surface area contributed by atoms with E-state index in [0.29, 0.717) is 11.3 Å². The Morgan fingerprint density at radius 2 is 1.90 bits per heavy atom. The van der Waals surface area contributed by atoms with Crippen LogP contribution < -0.4 is 16.0 Å². The zero-order valence-electron chi connectivity index (χ0n) is 12.0. The summed E-state index contributed by atoms with van der Waals surface area (Å²) in [6, 6.07) is -0.737. The largest absolute Gasteiger partial charge is 0.350 e. The molecular weight excluding hydrogens is 276 g/mol. The average molecular weight is 294 g/mol. The van der Waals surface area contributed by atoms with Crippen LogP contribution in [0, 0.1) is 0 Å². The number of allylic oxidation sites excluding steroid dienone is 1. The first-order chi connectivity index (χ1) is 9.90. The first-order valence-corrected chi connectivity index (χ1v) is 6.80. The van der Waals surface area contributed by atoms with Crippen molar-refractivity contribution in [1.82, 2.24) is 20.9 Å². The molecule has 21 heavy (non-hydrogen) atoms. The molecule has 0 unspecified atom stereocenters. The Balaban J connectivity index is 1.90. The predicted octanol–water partition coefficient (Wildman–Crippen LogP) is -0.773. The second-order valence-corrected chi connectivity index (χ2v) is 5.05. The first-order valence-electron chi connectivity index (χ1n) is 6.80. The Labute approximate surface area is 121 Å². The molecule has 1 atom stereocenters. The van der Waals surface area contributed by atoms with E-state index in [2.05, 4.69) is 16.0 Å². The summed E-state index contributed by atoms with van der Waals surface area (Å²) in [6.07, 6.45) is 0.480. The van der Waals surface area contributed by atoms with Crippen molar-refractivity contribution in [3.05, 3.63) is 11.3 Å². The maximum Gasteiger partial charge on any atom is 0.319 e. The van der Waals surface area contributed by atoms with Crippen LogP contribution in [0.1, 0.15) is 26.7 Å². The van der Waals surface area contributed by atoms with Gasteiger partial charge in [-0.2, -0.15) is 0 Å². The van der Waals surface area contributed by atoms with Gasteiger partial charge in [0, 0.05) is 31.6 Å². The van der Waals surface area contributed by atoms with E-state index in [4.69, 9.17) is 0 Å². The lowest BCUT2D eigenvalue weighted by atomic mass is 10.0.